The standard InChI is InChI=1S/C19H30N6.HI/c1-4-20-19(21-11-6-5-8-15(2)3)22-13-16-9-7-10-17(12-16)18-23-14-24-25-18;/h7,9-10,12,14-15H,4-6,8,11,13H2,1-3H3,(H2,20,21,22)(H,23,24,25);1H. The van der Waals surface area contributed by atoms with Gasteiger partial charge in [0.25, 0.3) is 0 Å². The van der Waals surface area contributed by atoms with Gasteiger partial charge in [0, 0.05) is 18.7 Å². The van der Waals surface area contributed by atoms with Gasteiger partial charge in [-0.25, -0.2) is 9.98 Å². The maximum Gasteiger partial charge on any atom is 0.191 e. The summed E-state index contributed by atoms with van der Waals surface area (Å²) >= 11 is 0. The van der Waals surface area contributed by atoms with Crippen molar-refractivity contribution in [1.82, 2.24) is 25.8 Å². The molecule has 144 valence electrons. The molecule has 0 radical (unpaired) electrons. The van der Waals surface area contributed by atoms with Crippen molar-refractivity contribution in [1.29, 1.82) is 0 Å². The van der Waals surface area contributed by atoms with E-state index in [1.807, 2.05) is 12.1 Å². The molecule has 0 fully saturated rings. The summed E-state index contributed by atoms with van der Waals surface area (Å²) in [6.45, 7) is 9.06. The van der Waals surface area contributed by atoms with Crippen LogP contribution in [0.4, 0.5) is 0 Å². The first-order valence-electron chi connectivity index (χ1n) is 9.16. The van der Waals surface area contributed by atoms with Gasteiger partial charge in [-0.2, -0.15) is 5.10 Å². The molecule has 3 N–H and O–H groups in total. The van der Waals surface area contributed by atoms with Crippen molar-refractivity contribution in [3.63, 3.8) is 0 Å². The molecule has 0 spiro atoms. The number of halogens is 1. The normalized spacial score (nSPS) is 11.3. The van der Waals surface area contributed by atoms with E-state index < -0.39 is 0 Å². The average molecular weight is 470 g/mol. The van der Waals surface area contributed by atoms with E-state index in [0.29, 0.717) is 6.54 Å². The lowest BCUT2D eigenvalue weighted by molar-refractivity contribution is 0.534. The van der Waals surface area contributed by atoms with Gasteiger partial charge in [0.05, 0.1) is 6.54 Å². The largest absolute Gasteiger partial charge is 0.357 e. The molecule has 2 aromatic rings. The van der Waals surface area contributed by atoms with Gasteiger partial charge in [-0.05, 0) is 30.9 Å². The van der Waals surface area contributed by atoms with E-state index in [1.54, 1.807) is 0 Å². The molecule has 0 unspecified atom stereocenters. The second kappa shape index (κ2) is 12.7. The average Bonchev–Trinajstić information content (AvgIpc) is 3.14. The van der Waals surface area contributed by atoms with Gasteiger partial charge in [0.2, 0.25) is 0 Å². The number of benzene rings is 1. The third-order valence-corrected chi connectivity index (χ3v) is 3.88. The molecule has 0 bridgehead atoms. The highest BCUT2D eigenvalue weighted by atomic mass is 127. The first kappa shape index (κ1) is 22.4. The first-order chi connectivity index (χ1) is 12.2. The lowest BCUT2D eigenvalue weighted by Crippen LogP contribution is -2.37. The van der Waals surface area contributed by atoms with Gasteiger partial charge in [0.1, 0.15) is 6.33 Å². The summed E-state index contributed by atoms with van der Waals surface area (Å²) in [6, 6.07) is 8.21. The number of nitrogens with zero attached hydrogens (tertiary/aromatic N) is 3. The van der Waals surface area contributed by atoms with E-state index in [9.17, 15) is 0 Å². The number of aromatic nitrogens is 3. The van der Waals surface area contributed by atoms with Crippen molar-refractivity contribution in [2.75, 3.05) is 13.1 Å². The van der Waals surface area contributed by atoms with Crippen molar-refractivity contribution in [3.05, 3.63) is 36.2 Å². The highest BCUT2D eigenvalue weighted by Gasteiger charge is 2.02. The minimum absolute atomic E-state index is 0. The zero-order chi connectivity index (χ0) is 17.9. The van der Waals surface area contributed by atoms with E-state index in [1.165, 1.54) is 25.6 Å². The Kier molecular flexibility index (Phi) is 10.9. The van der Waals surface area contributed by atoms with Crippen molar-refractivity contribution >= 4 is 29.9 Å². The zero-order valence-corrected chi connectivity index (χ0v) is 18.3. The summed E-state index contributed by atoms with van der Waals surface area (Å²) in [6.07, 6.45) is 5.23. The number of aromatic amines is 1. The SMILES string of the molecule is CCNC(=NCc1cccc(-c2ncn[nH]2)c1)NCCCCC(C)C.I. The Morgan fingerprint density at radius 2 is 2.08 bits per heavy atom. The predicted molar refractivity (Wildman–Crippen MR) is 119 cm³/mol. The third kappa shape index (κ3) is 8.16. The molecule has 0 saturated heterocycles. The van der Waals surface area contributed by atoms with Crippen LogP contribution in [0.25, 0.3) is 11.4 Å². The minimum atomic E-state index is 0. The fourth-order valence-corrected chi connectivity index (χ4v) is 2.56. The molecule has 7 heteroatoms. The van der Waals surface area contributed by atoms with E-state index in [2.05, 4.69) is 63.7 Å². The number of hydrogen-bond donors (Lipinski definition) is 3. The first-order valence-corrected chi connectivity index (χ1v) is 9.16. The molecule has 1 aromatic heterocycles. The Morgan fingerprint density at radius 3 is 2.77 bits per heavy atom. The van der Waals surface area contributed by atoms with E-state index in [4.69, 9.17) is 0 Å². The molecule has 1 aromatic carbocycles. The van der Waals surface area contributed by atoms with E-state index in [0.717, 1.165) is 41.9 Å². The van der Waals surface area contributed by atoms with E-state index >= 15 is 0 Å². The molecule has 6 nitrogen and oxygen atoms in total. The maximum atomic E-state index is 4.69. The molecule has 0 saturated carbocycles. The molecular weight excluding hydrogens is 439 g/mol. The Morgan fingerprint density at radius 1 is 1.23 bits per heavy atom. The fraction of sp³-hybridized carbons (Fsp3) is 0.526. The van der Waals surface area contributed by atoms with Gasteiger partial charge in [-0.1, -0.05) is 44.9 Å². The third-order valence-electron chi connectivity index (χ3n) is 3.88. The van der Waals surface area contributed by atoms with Gasteiger partial charge < -0.3 is 10.6 Å². The highest BCUT2D eigenvalue weighted by Crippen LogP contribution is 2.15. The van der Waals surface area contributed by atoms with Crippen molar-refractivity contribution in [3.8, 4) is 11.4 Å². The summed E-state index contributed by atoms with van der Waals surface area (Å²) < 4.78 is 0. The maximum absolute atomic E-state index is 4.69. The highest BCUT2D eigenvalue weighted by molar-refractivity contribution is 14.0. The Balaban J connectivity index is 0.00000338. The second-order valence-electron chi connectivity index (χ2n) is 6.55. The Hall–Kier alpha value is -1.64. The number of unbranched alkanes of at least 4 members (excludes halogenated alkanes) is 1. The lowest BCUT2D eigenvalue weighted by atomic mass is 10.1. The van der Waals surface area contributed by atoms with Crippen LogP contribution >= 0.6 is 24.0 Å². The number of H-pyrrole nitrogens is 1. The van der Waals surface area contributed by atoms with Gasteiger partial charge in [0.15, 0.2) is 11.8 Å². The number of hydrogen-bond acceptors (Lipinski definition) is 3. The summed E-state index contributed by atoms with van der Waals surface area (Å²) in [5.74, 6) is 2.43. The molecular formula is C19H31IN6. The van der Waals surface area contributed by atoms with Crippen LogP contribution in [0.2, 0.25) is 0 Å². The fourth-order valence-electron chi connectivity index (χ4n) is 2.56. The lowest BCUT2D eigenvalue weighted by Gasteiger charge is -2.12. The smallest absolute Gasteiger partial charge is 0.191 e. The number of aliphatic imine (C=N–C) groups is 1. The quantitative estimate of drug-likeness (QED) is 0.224. The predicted octanol–water partition coefficient (Wildman–Crippen LogP) is 3.97. The van der Waals surface area contributed by atoms with Crippen LogP contribution < -0.4 is 10.6 Å². The van der Waals surface area contributed by atoms with Gasteiger partial charge in [-0.15, -0.1) is 24.0 Å². The molecule has 0 aliphatic carbocycles. The van der Waals surface area contributed by atoms with Crippen molar-refractivity contribution < 1.29 is 0 Å². The number of guanidine groups is 1. The molecule has 0 atom stereocenters. The summed E-state index contributed by atoms with van der Waals surface area (Å²) in [5.41, 5.74) is 2.17. The molecule has 2 rings (SSSR count). The van der Waals surface area contributed by atoms with Gasteiger partial charge >= 0.3 is 0 Å². The molecule has 26 heavy (non-hydrogen) atoms. The van der Waals surface area contributed by atoms with Crippen LogP contribution in [0.1, 0.15) is 45.6 Å². The molecule has 0 amide bonds. The molecule has 1 heterocycles. The zero-order valence-electron chi connectivity index (χ0n) is 16.0. The molecule has 0 aliphatic heterocycles. The van der Waals surface area contributed by atoms with Crippen molar-refractivity contribution in [2.45, 2.75) is 46.6 Å². The topological polar surface area (TPSA) is 78.0 Å². The van der Waals surface area contributed by atoms with Crippen molar-refractivity contribution in [2.24, 2.45) is 10.9 Å². The summed E-state index contributed by atoms with van der Waals surface area (Å²) in [5, 5.41) is 13.5. The van der Waals surface area contributed by atoms with Crippen LogP contribution in [0.3, 0.4) is 0 Å². The van der Waals surface area contributed by atoms with Crippen LogP contribution in [0.15, 0.2) is 35.6 Å². The minimum Gasteiger partial charge on any atom is -0.357 e. The number of rotatable bonds is 9. The van der Waals surface area contributed by atoms with Crippen LogP contribution in [0.5, 0.6) is 0 Å². The summed E-state index contributed by atoms with van der Waals surface area (Å²) in [4.78, 5) is 8.88. The monoisotopic (exact) mass is 470 g/mol. The van der Waals surface area contributed by atoms with Gasteiger partial charge in [-0.3, -0.25) is 5.10 Å². The Labute approximate surface area is 173 Å². The second-order valence-corrected chi connectivity index (χ2v) is 6.55. The van der Waals surface area contributed by atoms with Crippen LogP contribution in [-0.2, 0) is 6.54 Å². The van der Waals surface area contributed by atoms with E-state index in [-0.39, 0.29) is 24.0 Å². The van der Waals surface area contributed by atoms with Crippen LogP contribution in [-0.4, -0.2) is 34.2 Å². The molecule has 0 aliphatic rings. The number of nitrogens with one attached hydrogen (secondary N) is 3. The van der Waals surface area contributed by atoms with Crippen LogP contribution in [0, 0.1) is 5.92 Å². The Bertz CT molecular complexity index is 639. The summed E-state index contributed by atoms with van der Waals surface area (Å²) in [7, 11) is 0.